The Balaban J connectivity index is 1.86. The first-order chi connectivity index (χ1) is 8.59. The lowest BCUT2D eigenvalue weighted by Gasteiger charge is -2.40. The van der Waals surface area contributed by atoms with Crippen molar-refractivity contribution in [3.05, 3.63) is 18.7 Å². The van der Waals surface area contributed by atoms with Crippen LogP contribution < -0.4 is 5.32 Å². The van der Waals surface area contributed by atoms with Crippen molar-refractivity contribution < 1.29 is 9.53 Å². The largest absolute Gasteiger partial charge is 0.379 e. The third-order valence-corrected chi connectivity index (χ3v) is 3.28. The molecule has 1 aliphatic rings. The molecule has 1 aromatic rings. The van der Waals surface area contributed by atoms with E-state index in [1.54, 1.807) is 12.4 Å². The van der Waals surface area contributed by atoms with Crippen LogP contribution in [0.4, 0.5) is 4.79 Å². The molecule has 6 nitrogen and oxygen atoms in total. The van der Waals surface area contributed by atoms with Gasteiger partial charge in [-0.1, -0.05) is 0 Å². The van der Waals surface area contributed by atoms with E-state index in [-0.39, 0.29) is 11.6 Å². The summed E-state index contributed by atoms with van der Waals surface area (Å²) in [5.74, 6) is 0. The lowest BCUT2D eigenvalue weighted by Crippen LogP contribution is -2.55. The molecule has 2 heterocycles. The van der Waals surface area contributed by atoms with Gasteiger partial charge in [0, 0.05) is 37.6 Å². The van der Waals surface area contributed by atoms with E-state index in [9.17, 15) is 4.79 Å². The third-order valence-electron chi connectivity index (χ3n) is 3.28. The van der Waals surface area contributed by atoms with E-state index >= 15 is 0 Å². The molecule has 0 unspecified atom stereocenters. The average molecular weight is 252 g/mol. The van der Waals surface area contributed by atoms with Crippen molar-refractivity contribution in [2.45, 2.75) is 19.4 Å². The third kappa shape index (κ3) is 3.08. The van der Waals surface area contributed by atoms with E-state index in [1.165, 1.54) is 10.9 Å². The van der Waals surface area contributed by atoms with Crippen molar-refractivity contribution in [3.8, 4) is 0 Å². The van der Waals surface area contributed by atoms with Crippen molar-refractivity contribution in [1.29, 1.82) is 0 Å². The lowest BCUT2D eigenvalue weighted by atomic mass is 10.0. The highest BCUT2D eigenvalue weighted by Gasteiger charge is 2.28. The number of amides is 1. The van der Waals surface area contributed by atoms with Gasteiger partial charge in [0.2, 0.25) is 0 Å². The Morgan fingerprint density at radius 3 is 2.78 bits per heavy atom. The number of rotatable bonds is 3. The summed E-state index contributed by atoms with van der Waals surface area (Å²) >= 11 is 0. The Bertz CT molecular complexity index is 383. The quantitative estimate of drug-likeness (QED) is 0.853. The topological polar surface area (TPSA) is 59.4 Å². The van der Waals surface area contributed by atoms with Crippen molar-refractivity contribution in [2.75, 3.05) is 32.8 Å². The second kappa shape index (κ2) is 5.49. The molecule has 1 fully saturated rings. The molecule has 1 N–H and O–H groups in total. The van der Waals surface area contributed by atoms with E-state index in [1.807, 2.05) is 0 Å². The second-order valence-electron chi connectivity index (χ2n) is 5.04. The Morgan fingerprint density at radius 2 is 2.17 bits per heavy atom. The van der Waals surface area contributed by atoms with Crippen LogP contribution in [0.25, 0.3) is 0 Å². The van der Waals surface area contributed by atoms with Crippen LogP contribution >= 0.6 is 0 Å². The molecule has 0 saturated carbocycles. The van der Waals surface area contributed by atoms with E-state index in [2.05, 4.69) is 29.0 Å². The van der Waals surface area contributed by atoms with Crippen LogP contribution in [0.2, 0.25) is 0 Å². The van der Waals surface area contributed by atoms with E-state index in [0.29, 0.717) is 6.54 Å². The molecule has 1 amide bonds. The summed E-state index contributed by atoms with van der Waals surface area (Å²) in [6.45, 7) is 8.21. The van der Waals surface area contributed by atoms with Gasteiger partial charge in [-0.3, -0.25) is 9.47 Å². The van der Waals surface area contributed by atoms with Gasteiger partial charge in [0.05, 0.1) is 13.2 Å². The highest BCUT2D eigenvalue weighted by Crippen LogP contribution is 2.15. The molecule has 1 aliphatic heterocycles. The lowest BCUT2D eigenvalue weighted by molar-refractivity contribution is -0.00873. The SMILES string of the molecule is CC(C)(CNC(=O)n1ccnc1)N1CCOCC1. The summed E-state index contributed by atoms with van der Waals surface area (Å²) in [7, 11) is 0. The summed E-state index contributed by atoms with van der Waals surface area (Å²) < 4.78 is 6.78. The molecule has 1 saturated heterocycles. The van der Waals surface area contributed by atoms with Crippen LogP contribution in [-0.2, 0) is 4.74 Å². The Kier molecular flexibility index (Phi) is 3.98. The minimum absolute atomic E-state index is 0.0694. The molecule has 0 aliphatic carbocycles. The fourth-order valence-electron chi connectivity index (χ4n) is 2.04. The Morgan fingerprint density at radius 1 is 1.44 bits per heavy atom. The molecular formula is C12H20N4O2. The number of carbonyl (C=O) groups is 1. The molecule has 0 aromatic carbocycles. The number of nitrogens with zero attached hydrogens (tertiary/aromatic N) is 3. The molecule has 100 valence electrons. The number of ether oxygens (including phenoxy) is 1. The predicted octanol–water partition coefficient (Wildman–Crippen LogP) is 0.552. The highest BCUT2D eigenvalue weighted by molar-refractivity contribution is 5.76. The van der Waals surface area contributed by atoms with Gasteiger partial charge in [0.25, 0.3) is 0 Å². The van der Waals surface area contributed by atoms with Crippen LogP contribution in [0.5, 0.6) is 0 Å². The van der Waals surface area contributed by atoms with Gasteiger partial charge < -0.3 is 10.1 Å². The van der Waals surface area contributed by atoms with Crippen LogP contribution in [0.15, 0.2) is 18.7 Å². The minimum atomic E-state index is -0.145. The zero-order chi connectivity index (χ0) is 13.0. The summed E-state index contributed by atoms with van der Waals surface area (Å²) in [6.07, 6.45) is 4.72. The zero-order valence-corrected chi connectivity index (χ0v) is 10.9. The van der Waals surface area contributed by atoms with Crippen LogP contribution in [-0.4, -0.2) is 58.9 Å². The van der Waals surface area contributed by atoms with E-state index < -0.39 is 0 Å². The predicted molar refractivity (Wildman–Crippen MR) is 67.5 cm³/mol. The van der Waals surface area contributed by atoms with Gasteiger partial charge >= 0.3 is 6.03 Å². The second-order valence-corrected chi connectivity index (χ2v) is 5.04. The molecule has 2 rings (SSSR count). The van der Waals surface area contributed by atoms with Gasteiger partial charge in [-0.25, -0.2) is 9.78 Å². The van der Waals surface area contributed by atoms with E-state index in [4.69, 9.17) is 4.74 Å². The maximum Gasteiger partial charge on any atom is 0.326 e. The molecular weight excluding hydrogens is 232 g/mol. The number of carbonyl (C=O) groups excluding carboxylic acids is 1. The molecule has 0 radical (unpaired) electrons. The maximum absolute atomic E-state index is 11.8. The Hall–Kier alpha value is -1.40. The average Bonchev–Trinajstić information content (AvgIpc) is 2.91. The number of hydrogen-bond donors (Lipinski definition) is 1. The summed E-state index contributed by atoms with van der Waals surface area (Å²) in [5, 5.41) is 2.92. The van der Waals surface area contributed by atoms with E-state index in [0.717, 1.165) is 26.3 Å². The van der Waals surface area contributed by atoms with Gasteiger partial charge in [-0.2, -0.15) is 0 Å². The molecule has 1 aromatic heterocycles. The van der Waals surface area contributed by atoms with Crippen molar-refractivity contribution in [3.63, 3.8) is 0 Å². The van der Waals surface area contributed by atoms with Crippen molar-refractivity contribution in [1.82, 2.24) is 19.8 Å². The molecule has 0 spiro atoms. The molecule has 6 heteroatoms. The maximum atomic E-state index is 11.8. The number of aromatic nitrogens is 2. The number of nitrogens with one attached hydrogen (secondary N) is 1. The summed E-state index contributed by atoms with van der Waals surface area (Å²) in [4.78, 5) is 18.0. The molecule has 18 heavy (non-hydrogen) atoms. The summed E-state index contributed by atoms with van der Waals surface area (Å²) in [6, 6.07) is -0.145. The minimum Gasteiger partial charge on any atom is -0.379 e. The fourth-order valence-corrected chi connectivity index (χ4v) is 2.04. The van der Waals surface area contributed by atoms with Crippen LogP contribution in [0.3, 0.4) is 0 Å². The normalized spacial score (nSPS) is 17.7. The first-order valence-electron chi connectivity index (χ1n) is 6.18. The van der Waals surface area contributed by atoms with Gasteiger partial charge in [0.1, 0.15) is 6.33 Å². The van der Waals surface area contributed by atoms with Crippen molar-refractivity contribution in [2.24, 2.45) is 0 Å². The van der Waals surface area contributed by atoms with Gasteiger partial charge in [-0.05, 0) is 13.8 Å². The van der Waals surface area contributed by atoms with Crippen LogP contribution in [0.1, 0.15) is 13.8 Å². The Labute approximate surface area is 107 Å². The zero-order valence-electron chi connectivity index (χ0n) is 10.9. The van der Waals surface area contributed by atoms with Gasteiger partial charge in [0.15, 0.2) is 0 Å². The highest BCUT2D eigenvalue weighted by atomic mass is 16.5. The molecule has 0 bridgehead atoms. The monoisotopic (exact) mass is 252 g/mol. The molecule has 0 atom stereocenters. The van der Waals surface area contributed by atoms with Crippen LogP contribution in [0, 0.1) is 0 Å². The number of hydrogen-bond acceptors (Lipinski definition) is 4. The summed E-state index contributed by atoms with van der Waals surface area (Å²) in [5.41, 5.74) is -0.0694. The van der Waals surface area contributed by atoms with Crippen molar-refractivity contribution >= 4 is 6.03 Å². The van der Waals surface area contributed by atoms with Gasteiger partial charge in [-0.15, -0.1) is 0 Å². The first kappa shape index (κ1) is 13.0. The number of morpholine rings is 1. The fraction of sp³-hybridized carbons (Fsp3) is 0.667. The standard InChI is InChI=1S/C12H20N4O2/c1-12(2,16-5-7-18-8-6-16)9-14-11(17)15-4-3-13-10-15/h3-4,10H,5-9H2,1-2H3,(H,14,17). The number of imidazole rings is 1. The first-order valence-corrected chi connectivity index (χ1v) is 6.18. The smallest absolute Gasteiger partial charge is 0.326 e.